The number of alkyl halides is 3. The van der Waals surface area contributed by atoms with Crippen molar-refractivity contribution in [1.29, 1.82) is 0 Å². The maximum absolute atomic E-state index is 13.8. The van der Waals surface area contributed by atoms with E-state index in [0.29, 0.717) is 0 Å². The van der Waals surface area contributed by atoms with Crippen LogP contribution in [0.5, 0.6) is 0 Å². The minimum absolute atomic E-state index is 0.00801. The van der Waals surface area contributed by atoms with E-state index < -0.39 is 24.2 Å². The summed E-state index contributed by atoms with van der Waals surface area (Å²) in [6, 6.07) is 1.07. The van der Waals surface area contributed by atoms with Crippen LogP contribution in [0.25, 0.3) is 0 Å². The molecule has 2 atom stereocenters. The van der Waals surface area contributed by atoms with E-state index >= 15 is 0 Å². The van der Waals surface area contributed by atoms with Crippen LogP contribution >= 0.6 is 22.9 Å². The number of fused-ring (bicyclic) bond motifs is 1. The fraction of sp³-hybridized carbons (Fsp3) is 0.389. The largest absolute Gasteiger partial charge is 0.410 e. The van der Waals surface area contributed by atoms with Gasteiger partial charge in [-0.25, -0.2) is 4.68 Å². The Balaban J connectivity index is 1.63. The molecule has 3 aromatic rings. The zero-order valence-electron chi connectivity index (χ0n) is 16.0. The third-order valence-electron chi connectivity index (χ3n) is 5.17. The number of halogens is 4. The second-order valence-electron chi connectivity index (χ2n) is 7.02. The zero-order valence-corrected chi connectivity index (χ0v) is 17.6. The number of aromatic nitrogens is 4. The summed E-state index contributed by atoms with van der Waals surface area (Å²) < 4.78 is 43.7. The molecule has 12 heteroatoms. The number of thiophene rings is 1. The Morgan fingerprint density at radius 3 is 2.83 bits per heavy atom. The highest BCUT2D eigenvalue weighted by atomic mass is 35.5. The zero-order chi connectivity index (χ0) is 21.6. The Morgan fingerprint density at radius 1 is 1.47 bits per heavy atom. The van der Waals surface area contributed by atoms with Gasteiger partial charge in [0, 0.05) is 36.1 Å². The van der Waals surface area contributed by atoms with Crippen molar-refractivity contribution in [2.45, 2.75) is 38.1 Å². The monoisotopic (exact) mass is 458 g/mol. The molecule has 1 aliphatic heterocycles. The van der Waals surface area contributed by atoms with Gasteiger partial charge < -0.3 is 10.6 Å². The van der Waals surface area contributed by atoms with Gasteiger partial charge >= 0.3 is 6.18 Å². The quantitative estimate of drug-likeness (QED) is 0.613. The average Bonchev–Trinajstić information content (AvgIpc) is 3.41. The second-order valence-corrected chi connectivity index (χ2v) is 8.38. The number of anilines is 1. The average molecular weight is 459 g/mol. The van der Waals surface area contributed by atoms with Gasteiger partial charge in [-0.15, -0.1) is 11.3 Å². The summed E-state index contributed by atoms with van der Waals surface area (Å²) in [5, 5.41) is 15.4. The molecule has 0 bridgehead atoms. The Bertz CT molecular complexity index is 1070. The second kappa shape index (κ2) is 7.62. The molecule has 3 aromatic heterocycles. The van der Waals surface area contributed by atoms with Gasteiger partial charge in [-0.05, 0) is 18.4 Å². The van der Waals surface area contributed by atoms with Crippen LogP contribution in [-0.4, -0.2) is 31.6 Å². The first kappa shape index (κ1) is 20.7. The summed E-state index contributed by atoms with van der Waals surface area (Å²) in [6.45, 7) is 2.00. The van der Waals surface area contributed by atoms with E-state index in [9.17, 15) is 18.0 Å². The first-order valence-electron chi connectivity index (χ1n) is 9.07. The number of nitrogens with one attached hydrogen (secondary N) is 2. The Morgan fingerprint density at radius 2 is 2.23 bits per heavy atom. The highest BCUT2D eigenvalue weighted by Crippen LogP contribution is 2.46. The normalized spacial score (nSPS) is 18.7. The summed E-state index contributed by atoms with van der Waals surface area (Å²) in [5.41, 5.74) is 1.40. The maximum atomic E-state index is 13.8. The van der Waals surface area contributed by atoms with Gasteiger partial charge in [-0.2, -0.15) is 23.4 Å². The smallest absolute Gasteiger partial charge is 0.361 e. The number of rotatable bonds is 4. The first-order valence-corrected chi connectivity index (χ1v) is 10.3. The standard InChI is InChI=1S/C18H18ClF3N6OS/c1-9-10(8-24-27(9)2)7-23-17(29)15-14(19)16-25-11(12-4-3-5-30-12)6-13(18(20,21)22)28(16)26-15/h3-5,8,11,13,25H,6-7H2,1-2H3,(H,23,29)/t11-,13+/m0/s1. The van der Waals surface area contributed by atoms with Crippen molar-refractivity contribution in [3.63, 3.8) is 0 Å². The van der Waals surface area contributed by atoms with E-state index in [4.69, 9.17) is 11.6 Å². The van der Waals surface area contributed by atoms with Crippen LogP contribution in [-0.2, 0) is 13.6 Å². The molecular weight excluding hydrogens is 441 g/mol. The lowest BCUT2D eigenvalue weighted by Crippen LogP contribution is -2.35. The van der Waals surface area contributed by atoms with E-state index in [1.165, 1.54) is 11.3 Å². The molecule has 0 fully saturated rings. The van der Waals surface area contributed by atoms with Gasteiger partial charge in [0.15, 0.2) is 11.7 Å². The van der Waals surface area contributed by atoms with Crippen molar-refractivity contribution in [1.82, 2.24) is 24.9 Å². The summed E-state index contributed by atoms with van der Waals surface area (Å²) >= 11 is 7.66. The van der Waals surface area contributed by atoms with Gasteiger partial charge in [-0.3, -0.25) is 9.48 Å². The lowest BCUT2D eigenvalue weighted by molar-refractivity contribution is -0.173. The highest BCUT2D eigenvalue weighted by molar-refractivity contribution is 7.10. The number of aryl methyl sites for hydroxylation is 1. The topological polar surface area (TPSA) is 76.8 Å². The molecular formula is C18H18ClF3N6OS. The molecule has 0 radical (unpaired) electrons. The summed E-state index contributed by atoms with van der Waals surface area (Å²) in [4.78, 5) is 13.4. The van der Waals surface area contributed by atoms with Crippen LogP contribution in [0.2, 0.25) is 5.02 Å². The number of nitrogens with zero attached hydrogens (tertiary/aromatic N) is 4. The lowest BCUT2D eigenvalue weighted by Gasteiger charge is -2.32. The predicted molar refractivity (Wildman–Crippen MR) is 107 cm³/mol. The fourth-order valence-electron chi connectivity index (χ4n) is 3.39. The molecule has 0 saturated heterocycles. The summed E-state index contributed by atoms with van der Waals surface area (Å²) in [5.74, 6) is -0.660. The Labute approximate surface area is 178 Å². The molecule has 160 valence electrons. The minimum Gasteiger partial charge on any atom is -0.361 e. The first-order chi connectivity index (χ1) is 14.2. The van der Waals surface area contributed by atoms with Crippen LogP contribution in [0, 0.1) is 6.92 Å². The molecule has 7 nitrogen and oxygen atoms in total. The van der Waals surface area contributed by atoms with Crippen LogP contribution in [0.15, 0.2) is 23.7 Å². The molecule has 30 heavy (non-hydrogen) atoms. The summed E-state index contributed by atoms with van der Waals surface area (Å²) in [6.07, 6.45) is -3.17. The van der Waals surface area contributed by atoms with Crippen molar-refractivity contribution in [3.05, 3.63) is 50.6 Å². The third-order valence-corrected chi connectivity index (χ3v) is 6.52. The highest BCUT2D eigenvalue weighted by Gasteiger charge is 2.48. The molecule has 0 aromatic carbocycles. The molecule has 0 spiro atoms. The lowest BCUT2D eigenvalue weighted by atomic mass is 10.0. The molecule has 0 unspecified atom stereocenters. The number of hydrogen-bond donors (Lipinski definition) is 2. The Hall–Kier alpha value is -2.53. The number of carbonyl (C=O) groups excluding carboxylic acids is 1. The van der Waals surface area contributed by atoms with Crippen molar-refractivity contribution >= 4 is 34.7 Å². The fourth-order valence-corrected chi connectivity index (χ4v) is 4.44. The number of amides is 1. The van der Waals surface area contributed by atoms with Crippen LogP contribution in [0.3, 0.4) is 0 Å². The van der Waals surface area contributed by atoms with Crippen molar-refractivity contribution in [2.24, 2.45) is 7.05 Å². The predicted octanol–water partition coefficient (Wildman–Crippen LogP) is 4.23. The van der Waals surface area contributed by atoms with E-state index in [1.54, 1.807) is 35.4 Å². The minimum atomic E-state index is -4.54. The molecule has 4 rings (SSSR count). The molecule has 0 saturated carbocycles. The van der Waals surface area contributed by atoms with E-state index in [0.717, 1.165) is 20.8 Å². The molecule has 1 amide bonds. The van der Waals surface area contributed by atoms with Gasteiger partial charge in [0.25, 0.3) is 5.91 Å². The Kier molecular flexibility index (Phi) is 5.27. The van der Waals surface area contributed by atoms with Crippen LogP contribution in [0.1, 0.15) is 45.1 Å². The van der Waals surface area contributed by atoms with Crippen LogP contribution in [0.4, 0.5) is 19.0 Å². The van der Waals surface area contributed by atoms with Gasteiger partial charge in [-0.1, -0.05) is 17.7 Å². The van der Waals surface area contributed by atoms with Crippen molar-refractivity contribution in [2.75, 3.05) is 5.32 Å². The van der Waals surface area contributed by atoms with Crippen molar-refractivity contribution < 1.29 is 18.0 Å². The van der Waals surface area contributed by atoms with Crippen molar-refractivity contribution in [3.8, 4) is 0 Å². The van der Waals surface area contributed by atoms with Crippen LogP contribution < -0.4 is 10.6 Å². The van der Waals surface area contributed by atoms with Gasteiger partial charge in [0.2, 0.25) is 0 Å². The molecule has 1 aliphatic rings. The number of carbonyl (C=O) groups is 1. The van der Waals surface area contributed by atoms with E-state index in [-0.39, 0.29) is 29.5 Å². The van der Waals surface area contributed by atoms with Gasteiger partial charge in [0.1, 0.15) is 10.8 Å². The maximum Gasteiger partial charge on any atom is 0.410 e. The molecule has 4 heterocycles. The molecule has 2 N–H and O–H groups in total. The third kappa shape index (κ3) is 3.67. The molecule has 0 aliphatic carbocycles. The van der Waals surface area contributed by atoms with E-state index in [1.807, 2.05) is 6.92 Å². The SMILES string of the molecule is Cc1c(CNC(=O)c2nn3c(c2Cl)N[C@H](c2cccs2)C[C@@H]3C(F)(F)F)cnn1C. The number of hydrogen-bond acceptors (Lipinski definition) is 5. The summed E-state index contributed by atoms with van der Waals surface area (Å²) in [7, 11) is 1.77. The van der Waals surface area contributed by atoms with Gasteiger partial charge in [0.05, 0.1) is 12.2 Å². The van der Waals surface area contributed by atoms with E-state index in [2.05, 4.69) is 20.8 Å².